The van der Waals surface area contributed by atoms with Gasteiger partial charge in [-0.2, -0.15) is 0 Å². The summed E-state index contributed by atoms with van der Waals surface area (Å²) in [6.45, 7) is 0. The molecule has 0 bridgehead atoms. The molecule has 0 aromatic heterocycles. The number of nitrogens with zero attached hydrogens (tertiary/aromatic N) is 3. The van der Waals surface area contributed by atoms with Gasteiger partial charge < -0.3 is 24.7 Å². The van der Waals surface area contributed by atoms with E-state index in [0.717, 1.165) is 22.5 Å². The van der Waals surface area contributed by atoms with Crippen molar-refractivity contribution in [1.82, 2.24) is 0 Å². The molecule has 3 N–H and O–H groups in total. The molecule has 0 radical (unpaired) electrons. The van der Waals surface area contributed by atoms with E-state index < -0.39 is 11.9 Å². The largest absolute Gasteiger partial charge is 0.481 e. The molecular formula is C25H24N4O4. The van der Waals surface area contributed by atoms with Crippen LogP contribution in [0.15, 0.2) is 59.7 Å². The molecule has 0 saturated carbocycles. The van der Waals surface area contributed by atoms with Crippen molar-refractivity contribution in [3.63, 3.8) is 0 Å². The van der Waals surface area contributed by atoms with E-state index in [1.165, 1.54) is 18.2 Å². The number of amides is 1. The van der Waals surface area contributed by atoms with E-state index in [0.29, 0.717) is 22.3 Å². The highest BCUT2D eigenvalue weighted by Crippen LogP contribution is 2.44. The fourth-order valence-corrected chi connectivity index (χ4v) is 3.86. The monoisotopic (exact) mass is 444 g/mol. The molecule has 0 spiro atoms. The van der Waals surface area contributed by atoms with Gasteiger partial charge in [-0.1, -0.05) is 0 Å². The summed E-state index contributed by atoms with van der Waals surface area (Å²) in [6, 6.07) is 15.9. The predicted molar refractivity (Wildman–Crippen MR) is 127 cm³/mol. The number of aliphatic hydroxyl groups is 2. The third-order valence-electron chi connectivity index (χ3n) is 5.60. The van der Waals surface area contributed by atoms with E-state index in [2.05, 4.69) is 5.11 Å². The predicted octanol–water partition coefficient (Wildman–Crippen LogP) is 3.52. The van der Waals surface area contributed by atoms with Gasteiger partial charge in [0.1, 0.15) is 11.5 Å². The number of nitrogens with one attached hydrogen (secondary N) is 1. The highest BCUT2D eigenvalue weighted by atomic mass is 16.5. The summed E-state index contributed by atoms with van der Waals surface area (Å²) in [7, 11) is 7.74. The van der Waals surface area contributed by atoms with Crippen molar-refractivity contribution in [2.24, 2.45) is 5.11 Å². The Labute approximate surface area is 190 Å². The van der Waals surface area contributed by atoms with E-state index >= 15 is 0 Å². The first kappa shape index (κ1) is 21.9. The van der Waals surface area contributed by atoms with Gasteiger partial charge in [0.2, 0.25) is 0 Å². The second kappa shape index (κ2) is 8.31. The lowest BCUT2D eigenvalue weighted by molar-refractivity contribution is 0.0990. The van der Waals surface area contributed by atoms with E-state index in [4.69, 9.17) is 10.3 Å². The van der Waals surface area contributed by atoms with Crippen LogP contribution in [0, 0.1) is 5.53 Å². The minimum Gasteiger partial charge on any atom is -0.481 e. The van der Waals surface area contributed by atoms with Crippen LogP contribution in [0.1, 0.15) is 21.5 Å². The topological polar surface area (TPSA) is 109 Å². The molecule has 1 aliphatic rings. The van der Waals surface area contributed by atoms with Crippen LogP contribution in [-0.2, 0) is 0 Å². The Morgan fingerprint density at radius 2 is 1.39 bits per heavy atom. The minimum absolute atomic E-state index is 0.152. The number of ether oxygens (including phenoxy) is 1. The summed E-state index contributed by atoms with van der Waals surface area (Å²) in [5.41, 5.74) is 11.3. The normalized spacial score (nSPS) is 11.7. The summed E-state index contributed by atoms with van der Waals surface area (Å²) in [5, 5.41) is 23.6. The molecule has 8 nitrogen and oxygen atoms in total. The number of hydrogen-bond donors (Lipinski definition) is 3. The maximum atomic E-state index is 12.1. The first-order valence-electron chi connectivity index (χ1n) is 10.2. The van der Waals surface area contributed by atoms with Crippen molar-refractivity contribution < 1.29 is 19.7 Å². The summed E-state index contributed by atoms with van der Waals surface area (Å²) in [6.07, 6.45) is 0. The Morgan fingerprint density at radius 3 is 1.85 bits per heavy atom. The van der Waals surface area contributed by atoms with Crippen molar-refractivity contribution >= 4 is 28.8 Å². The lowest BCUT2D eigenvalue weighted by Crippen LogP contribution is -2.32. The van der Waals surface area contributed by atoms with E-state index in [9.17, 15) is 15.0 Å². The molecule has 0 saturated heterocycles. The van der Waals surface area contributed by atoms with Crippen molar-refractivity contribution in [3.8, 4) is 11.5 Å². The van der Waals surface area contributed by atoms with Crippen molar-refractivity contribution in [1.29, 1.82) is 5.53 Å². The first-order valence-corrected chi connectivity index (χ1v) is 10.2. The van der Waals surface area contributed by atoms with Crippen LogP contribution in [0.4, 0.5) is 11.4 Å². The van der Waals surface area contributed by atoms with Crippen LogP contribution in [0.2, 0.25) is 0 Å². The standard InChI is InChI=1S/C25H24N4O4/c1-28(2)15-6-9-18-21(12-15)33-22-13-16(29(3)4)7-10-19(22)23(18)20-11-14(24(30)27-26)5-8-17(20)25(31)32/h5-13,26,31-32H,1-4H3. The molecule has 1 aliphatic heterocycles. The van der Waals surface area contributed by atoms with Gasteiger partial charge in [-0.15, -0.1) is 5.11 Å². The quantitative estimate of drug-likeness (QED) is 0.417. The van der Waals surface area contributed by atoms with Crippen LogP contribution < -0.4 is 25.0 Å². The SMILES string of the molecule is CN(C)c1ccc2c(c1)Oc1cc(N(C)C)ccc1C2=c1cc(C(=O)N=N)ccc1=C(O)O. The smallest absolute Gasteiger partial charge is 0.294 e. The molecule has 3 aromatic carbocycles. The van der Waals surface area contributed by atoms with E-state index in [1.807, 2.05) is 74.4 Å². The van der Waals surface area contributed by atoms with E-state index in [-0.39, 0.29) is 10.8 Å². The molecule has 168 valence electrons. The van der Waals surface area contributed by atoms with Gasteiger partial charge in [0.25, 0.3) is 11.9 Å². The van der Waals surface area contributed by atoms with Crippen LogP contribution >= 0.6 is 0 Å². The second-order valence-electron chi connectivity index (χ2n) is 8.13. The van der Waals surface area contributed by atoms with Crippen molar-refractivity contribution in [2.45, 2.75) is 0 Å². The number of fused-ring (bicyclic) bond motifs is 2. The molecule has 0 aliphatic carbocycles. The van der Waals surface area contributed by atoms with Gasteiger partial charge in [0.05, 0.1) is 5.22 Å². The Morgan fingerprint density at radius 1 is 0.848 bits per heavy atom. The number of rotatable bonds is 3. The molecule has 33 heavy (non-hydrogen) atoms. The molecule has 3 aromatic rings. The Bertz CT molecular complexity index is 1350. The average molecular weight is 444 g/mol. The Kier molecular flexibility index (Phi) is 5.51. The van der Waals surface area contributed by atoms with Gasteiger partial charge >= 0.3 is 0 Å². The van der Waals surface area contributed by atoms with Crippen LogP contribution in [0.25, 0.3) is 11.5 Å². The van der Waals surface area contributed by atoms with Crippen LogP contribution in [0.5, 0.6) is 11.5 Å². The molecule has 1 amide bonds. The van der Waals surface area contributed by atoms with Gasteiger partial charge in [0.15, 0.2) is 0 Å². The number of carbonyl (C=O) groups excluding carboxylic acids is 1. The molecule has 4 rings (SSSR count). The average Bonchev–Trinajstić information content (AvgIpc) is 2.80. The number of aliphatic hydroxyl groups excluding tert-OH is 1. The van der Waals surface area contributed by atoms with Gasteiger partial charge in [0, 0.05) is 74.0 Å². The lowest BCUT2D eigenvalue weighted by atomic mass is 9.90. The Hall–Kier alpha value is -4.33. The summed E-state index contributed by atoms with van der Waals surface area (Å²) in [5.74, 6) is -0.391. The van der Waals surface area contributed by atoms with Crippen molar-refractivity contribution in [3.05, 3.63) is 81.7 Å². The molecule has 1 heterocycles. The number of benzene rings is 3. The molecular weight excluding hydrogens is 420 g/mol. The second-order valence-corrected chi connectivity index (χ2v) is 8.13. The van der Waals surface area contributed by atoms with Gasteiger partial charge in [-0.05, 0) is 47.7 Å². The summed E-state index contributed by atoms with van der Waals surface area (Å²) in [4.78, 5) is 16.1. The maximum Gasteiger partial charge on any atom is 0.294 e. The fraction of sp³-hybridized carbons (Fsp3) is 0.160. The molecule has 0 fully saturated rings. The zero-order valence-corrected chi connectivity index (χ0v) is 18.7. The first-order chi connectivity index (χ1) is 15.7. The number of carbonyl (C=O) groups is 1. The third-order valence-corrected chi connectivity index (χ3v) is 5.60. The molecule has 0 atom stereocenters. The highest BCUT2D eigenvalue weighted by Gasteiger charge is 2.25. The summed E-state index contributed by atoms with van der Waals surface area (Å²) < 4.78 is 6.29. The highest BCUT2D eigenvalue weighted by molar-refractivity contribution is 5.95. The van der Waals surface area contributed by atoms with Crippen LogP contribution in [0.3, 0.4) is 0 Å². The van der Waals surface area contributed by atoms with E-state index in [1.54, 1.807) is 0 Å². The zero-order valence-electron chi connectivity index (χ0n) is 18.7. The van der Waals surface area contributed by atoms with Gasteiger partial charge in [-0.3, -0.25) is 4.79 Å². The minimum atomic E-state index is -0.872. The molecule has 0 unspecified atom stereocenters. The maximum absolute atomic E-state index is 12.1. The van der Waals surface area contributed by atoms with Crippen molar-refractivity contribution in [2.75, 3.05) is 38.0 Å². The Balaban J connectivity index is 2.18. The number of anilines is 2. The van der Waals surface area contributed by atoms with Crippen LogP contribution in [-0.4, -0.2) is 44.3 Å². The lowest BCUT2D eigenvalue weighted by Gasteiger charge is -2.26. The zero-order chi connectivity index (χ0) is 23.9. The third kappa shape index (κ3) is 3.87. The fourth-order valence-electron chi connectivity index (χ4n) is 3.86. The molecule has 8 heteroatoms. The summed E-state index contributed by atoms with van der Waals surface area (Å²) >= 11 is 0. The number of hydrogen-bond acceptors (Lipinski definition) is 7. The van der Waals surface area contributed by atoms with Gasteiger partial charge in [-0.25, -0.2) is 5.53 Å².